The van der Waals surface area contributed by atoms with Crippen LogP contribution in [0.1, 0.15) is 34.7 Å². The SMILES string of the molecule is Cc1ccc(/C=N/N=C2\SC(C)C(=O)N2Cc2ccccc2C)c(C)c1. The number of thioether (sulfide) groups is 1. The van der Waals surface area contributed by atoms with Gasteiger partial charge in [0.05, 0.1) is 18.0 Å². The summed E-state index contributed by atoms with van der Waals surface area (Å²) in [6.45, 7) is 8.62. The summed E-state index contributed by atoms with van der Waals surface area (Å²) in [6.07, 6.45) is 1.75. The quantitative estimate of drug-likeness (QED) is 0.593. The largest absolute Gasteiger partial charge is 0.284 e. The van der Waals surface area contributed by atoms with E-state index in [4.69, 9.17) is 0 Å². The van der Waals surface area contributed by atoms with E-state index in [0.29, 0.717) is 11.7 Å². The Morgan fingerprint density at radius 3 is 2.62 bits per heavy atom. The van der Waals surface area contributed by atoms with Gasteiger partial charge in [-0.25, -0.2) is 0 Å². The van der Waals surface area contributed by atoms with Gasteiger partial charge in [0.1, 0.15) is 0 Å². The molecule has 0 spiro atoms. The summed E-state index contributed by atoms with van der Waals surface area (Å²) in [6, 6.07) is 14.3. The standard InChI is InChI=1S/C21H23N3OS/c1-14-9-10-18(16(3)11-14)12-22-23-21-24(20(25)17(4)26-21)13-19-8-6-5-7-15(19)2/h5-12,17H,13H2,1-4H3/b22-12+,23-21-. The Bertz CT molecular complexity index is 889. The molecular formula is C21H23N3OS. The van der Waals surface area contributed by atoms with Gasteiger partial charge in [-0.1, -0.05) is 59.8 Å². The minimum Gasteiger partial charge on any atom is -0.284 e. The summed E-state index contributed by atoms with van der Waals surface area (Å²) in [5, 5.41) is 9.12. The minimum absolute atomic E-state index is 0.0821. The van der Waals surface area contributed by atoms with E-state index < -0.39 is 0 Å². The van der Waals surface area contributed by atoms with Crippen molar-refractivity contribution in [2.24, 2.45) is 10.2 Å². The van der Waals surface area contributed by atoms with E-state index in [1.54, 1.807) is 11.1 Å². The smallest absolute Gasteiger partial charge is 0.242 e. The van der Waals surface area contributed by atoms with E-state index in [1.165, 1.54) is 22.9 Å². The number of benzene rings is 2. The third kappa shape index (κ3) is 4.05. The molecule has 1 unspecified atom stereocenters. The van der Waals surface area contributed by atoms with Crippen molar-refractivity contribution in [3.63, 3.8) is 0 Å². The van der Waals surface area contributed by atoms with Crippen LogP contribution in [0.2, 0.25) is 0 Å². The molecule has 0 bridgehead atoms. The van der Waals surface area contributed by atoms with Gasteiger partial charge in [-0.2, -0.15) is 5.10 Å². The summed E-state index contributed by atoms with van der Waals surface area (Å²) >= 11 is 1.46. The Morgan fingerprint density at radius 1 is 1.12 bits per heavy atom. The first kappa shape index (κ1) is 18.4. The molecule has 1 saturated heterocycles. The van der Waals surface area contributed by atoms with Crippen LogP contribution in [0.3, 0.4) is 0 Å². The Hall–Kier alpha value is -2.40. The fourth-order valence-corrected chi connectivity index (χ4v) is 3.80. The van der Waals surface area contributed by atoms with Crippen molar-refractivity contribution in [2.75, 3.05) is 0 Å². The third-order valence-electron chi connectivity index (χ3n) is 4.48. The molecule has 0 radical (unpaired) electrons. The first-order valence-electron chi connectivity index (χ1n) is 8.66. The zero-order chi connectivity index (χ0) is 18.7. The summed E-state index contributed by atoms with van der Waals surface area (Å²) in [5.41, 5.74) is 5.72. The van der Waals surface area contributed by atoms with Crippen molar-refractivity contribution in [1.29, 1.82) is 0 Å². The molecule has 0 aromatic heterocycles. The lowest BCUT2D eigenvalue weighted by Gasteiger charge is -2.16. The maximum absolute atomic E-state index is 12.5. The lowest BCUT2D eigenvalue weighted by atomic mass is 10.1. The van der Waals surface area contributed by atoms with Gasteiger partial charge in [0, 0.05) is 0 Å². The van der Waals surface area contributed by atoms with Crippen molar-refractivity contribution in [2.45, 2.75) is 39.5 Å². The Labute approximate surface area is 159 Å². The molecule has 1 fully saturated rings. The summed E-state index contributed by atoms with van der Waals surface area (Å²) in [7, 11) is 0. The highest BCUT2D eigenvalue weighted by Crippen LogP contribution is 2.29. The third-order valence-corrected chi connectivity index (χ3v) is 5.55. The van der Waals surface area contributed by atoms with Crippen LogP contribution in [-0.4, -0.2) is 27.4 Å². The molecule has 0 N–H and O–H groups in total. The van der Waals surface area contributed by atoms with Gasteiger partial charge < -0.3 is 0 Å². The first-order valence-corrected chi connectivity index (χ1v) is 9.54. The number of nitrogens with zero attached hydrogens (tertiary/aromatic N) is 3. The molecule has 5 heteroatoms. The van der Waals surface area contributed by atoms with Crippen molar-refractivity contribution in [1.82, 2.24) is 4.90 Å². The number of rotatable bonds is 4. The Kier molecular flexibility index (Phi) is 5.57. The van der Waals surface area contributed by atoms with E-state index in [9.17, 15) is 4.79 Å². The van der Waals surface area contributed by atoms with Crippen LogP contribution in [0, 0.1) is 20.8 Å². The Balaban J connectivity index is 1.82. The second-order valence-corrected chi connectivity index (χ2v) is 7.91. The van der Waals surface area contributed by atoms with Gasteiger partial charge in [0.2, 0.25) is 5.91 Å². The minimum atomic E-state index is -0.130. The van der Waals surface area contributed by atoms with E-state index in [0.717, 1.165) is 16.7 Å². The monoisotopic (exact) mass is 365 g/mol. The van der Waals surface area contributed by atoms with Crippen LogP contribution in [0.15, 0.2) is 52.7 Å². The first-order chi connectivity index (χ1) is 12.5. The molecule has 2 aromatic carbocycles. The van der Waals surface area contributed by atoms with Gasteiger partial charge in [-0.3, -0.25) is 9.69 Å². The summed E-state index contributed by atoms with van der Waals surface area (Å²) < 4.78 is 0. The number of amides is 1. The van der Waals surface area contributed by atoms with E-state index >= 15 is 0 Å². The van der Waals surface area contributed by atoms with Crippen molar-refractivity contribution >= 4 is 29.1 Å². The molecular weight excluding hydrogens is 342 g/mol. The fraction of sp³-hybridized carbons (Fsp3) is 0.286. The second-order valence-electron chi connectivity index (χ2n) is 6.60. The molecule has 1 heterocycles. The van der Waals surface area contributed by atoms with Crippen LogP contribution in [0.25, 0.3) is 0 Å². The lowest BCUT2D eigenvalue weighted by Crippen LogP contribution is -2.31. The number of hydrogen-bond acceptors (Lipinski definition) is 4. The molecule has 1 atom stereocenters. The number of hydrogen-bond donors (Lipinski definition) is 0. The highest BCUT2D eigenvalue weighted by atomic mass is 32.2. The van der Waals surface area contributed by atoms with E-state index in [-0.39, 0.29) is 11.2 Å². The highest BCUT2D eigenvalue weighted by Gasteiger charge is 2.35. The highest BCUT2D eigenvalue weighted by molar-refractivity contribution is 8.15. The average Bonchev–Trinajstić information content (AvgIpc) is 2.86. The van der Waals surface area contributed by atoms with Gasteiger partial charge in [0.25, 0.3) is 0 Å². The van der Waals surface area contributed by atoms with Crippen LogP contribution in [0.5, 0.6) is 0 Å². The molecule has 2 aromatic rings. The average molecular weight is 366 g/mol. The maximum Gasteiger partial charge on any atom is 0.242 e. The number of carbonyl (C=O) groups excluding carboxylic acids is 1. The van der Waals surface area contributed by atoms with Gasteiger partial charge in [-0.05, 0) is 49.9 Å². The van der Waals surface area contributed by atoms with Crippen molar-refractivity contribution < 1.29 is 4.79 Å². The molecule has 4 nitrogen and oxygen atoms in total. The lowest BCUT2D eigenvalue weighted by molar-refractivity contribution is -0.126. The molecule has 1 aliphatic heterocycles. The van der Waals surface area contributed by atoms with Crippen molar-refractivity contribution in [3.05, 3.63) is 70.3 Å². The fourth-order valence-electron chi connectivity index (χ4n) is 2.88. The molecule has 3 rings (SSSR count). The molecule has 0 aliphatic carbocycles. The molecule has 0 saturated carbocycles. The number of aryl methyl sites for hydroxylation is 3. The van der Waals surface area contributed by atoms with Crippen LogP contribution in [0.4, 0.5) is 0 Å². The topological polar surface area (TPSA) is 45.0 Å². The summed E-state index contributed by atoms with van der Waals surface area (Å²) in [4.78, 5) is 14.3. The number of amidine groups is 1. The van der Waals surface area contributed by atoms with E-state index in [1.807, 2.05) is 31.2 Å². The van der Waals surface area contributed by atoms with E-state index in [2.05, 4.69) is 49.2 Å². The second kappa shape index (κ2) is 7.87. The van der Waals surface area contributed by atoms with Gasteiger partial charge in [0.15, 0.2) is 5.17 Å². The van der Waals surface area contributed by atoms with Gasteiger partial charge in [-0.15, -0.1) is 5.10 Å². The predicted octanol–water partition coefficient (Wildman–Crippen LogP) is 4.47. The van der Waals surface area contributed by atoms with Crippen LogP contribution in [-0.2, 0) is 11.3 Å². The number of carbonyl (C=O) groups is 1. The molecule has 134 valence electrons. The van der Waals surface area contributed by atoms with Crippen LogP contribution >= 0.6 is 11.8 Å². The summed E-state index contributed by atoms with van der Waals surface area (Å²) in [5.74, 6) is 0.0821. The van der Waals surface area contributed by atoms with Crippen LogP contribution < -0.4 is 0 Å². The normalized spacial score (nSPS) is 19.1. The Morgan fingerprint density at radius 2 is 1.88 bits per heavy atom. The van der Waals surface area contributed by atoms with Crippen molar-refractivity contribution in [3.8, 4) is 0 Å². The van der Waals surface area contributed by atoms with Gasteiger partial charge >= 0.3 is 0 Å². The predicted molar refractivity (Wildman–Crippen MR) is 110 cm³/mol. The molecule has 1 amide bonds. The molecule has 26 heavy (non-hydrogen) atoms. The zero-order valence-corrected chi connectivity index (χ0v) is 16.4. The molecule has 1 aliphatic rings. The maximum atomic E-state index is 12.5. The zero-order valence-electron chi connectivity index (χ0n) is 15.6.